The number of likely N-dealkylation sites (N-methyl/N-ethyl adjacent to an activating group) is 1. The predicted octanol–water partition coefficient (Wildman–Crippen LogP) is 0.313. The van der Waals surface area contributed by atoms with Crippen LogP contribution in [-0.2, 0) is 4.79 Å². The monoisotopic (exact) mass is 168 g/mol. The number of rotatable bonds is 1. The van der Waals surface area contributed by atoms with Gasteiger partial charge in [0, 0.05) is 13.1 Å². The van der Waals surface area contributed by atoms with Crippen LogP contribution in [0.1, 0.15) is 19.3 Å². The maximum absolute atomic E-state index is 11.7. The third-order valence-corrected chi connectivity index (χ3v) is 2.97. The summed E-state index contributed by atoms with van der Waals surface area (Å²) in [6.07, 6.45) is 3.44. The molecule has 0 N–H and O–H groups in total. The summed E-state index contributed by atoms with van der Waals surface area (Å²) in [5.41, 5.74) is 0. The SMILES string of the molecule is CN1CCC[C@H]1C(=O)N1CCC1. The number of hydrogen-bond acceptors (Lipinski definition) is 2. The smallest absolute Gasteiger partial charge is 0.239 e. The number of carbonyl (C=O) groups is 1. The molecule has 2 rings (SSSR count). The summed E-state index contributed by atoms with van der Waals surface area (Å²) in [5.74, 6) is 0.362. The van der Waals surface area contributed by atoms with Gasteiger partial charge in [-0.2, -0.15) is 0 Å². The maximum Gasteiger partial charge on any atom is 0.239 e. The van der Waals surface area contributed by atoms with E-state index in [9.17, 15) is 4.79 Å². The summed E-state index contributed by atoms with van der Waals surface area (Å²) in [6.45, 7) is 3.07. The highest BCUT2D eigenvalue weighted by atomic mass is 16.2. The van der Waals surface area contributed by atoms with Crippen molar-refractivity contribution >= 4 is 5.91 Å². The molecule has 0 aliphatic carbocycles. The molecule has 0 unspecified atom stereocenters. The highest BCUT2D eigenvalue weighted by Crippen LogP contribution is 2.19. The minimum absolute atomic E-state index is 0.199. The maximum atomic E-state index is 11.7. The van der Waals surface area contributed by atoms with Gasteiger partial charge in [0.1, 0.15) is 0 Å². The van der Waals surface area contributed by atoms with E-state index >= 15 is 0 Å². The Hall–Kier alpha value is -0.570. The van der Waals surface area contributed by atoms with Crippen LogP contribution in [0.15, 0.2) is 0 Å². The number of amides is 1. The van der Waals surface area contributed by atoms with Crippen molar-refractivity contribution in [3.05, 3.63) is 0 Å². The third kappa shape index (κ3) is 1.22. The number of carbonyl (C=O) groups excluding carboxylic acids is 1. The fourth-order valence-corrected chi connectivity index (χ4v) is 1.97. The van der Waals surface area contributed by atoms with Crippen molar-refractivity contribution in [2.24, 2.45) is 0 Å². The van der Waals surface area contributed by atoms with Crippen LogP contribution in [0, 0.1) is 0 Å². The summed E-state index contributed by atoms with van der Waals surface area (Å²) in [5, 5.41) is 0. The molecule has 0 saturated carbocycles. The first-order valence-electron chi connectivity index (χ1n) is 4.78. The number of nitrogens with zero attached hydrogens (tertiary/aromatic N) is 2. The van der Waals surface area contributed by atoms with Crippen molar-refractivity contribution in [1.29, 1.82) is 0 Å². The zero-order valence-corrected chi connectivity index (χ0v) is 7.62. The molecule has 2 heterocycles. The zero-order chi connectivity index (χ0) is 8.55. The lowest BCUT2D eigenvalue weighted by molar-refractivity contribution is -0.139. The summed E-state index contributed by atoms with van der Waals surface area (Å²) >= 11 is 0. The molecular weight excluding hydrogens is 152 g/mol. The Bertz CT molecular complexity index is 189. The fourth-order valence-electron chi connectivity index (χ4n) is 1.97. The Morgan fingerprint density at radius 2 is 2.00 bits per heavy atom. The summed E-state index contributed by atoms with van der Waals surface area (Å²) < 4.78 is 0. The van der Waals surface area contributed by atoms with Crippen LogP contribution >= 0.6 is 0 Å². The van der Waals surface area contributed by atoms with Crippen LogP contribution in [0.5, 0.6) is 0 Å². The van der Waals surface area contributed by atoms with E-state index in [-0.39, 0.29) is 6.04 Å². The highest BCUT2D eigenvalue weighted by Gasteiger charge is 2.33. The average molecular weight is 168 g/mol. The first-order valence-corrected chi connectivity index (χ1v) is 4.78. The lowest BCUT2D eigenvalue weighted by Crippen LogP contribution is -2.50. The normalized spacial score (nSPS) is 30.4. The molecule has 3 heteroatoms. The molecule has 0 aromatic rings. The molecule has 12 heavy (non-hydrogen) atoms. The van der Waals surface area contributed by atoms with Crippen LogP contribution in [0.2, 0.25) is 0 Å². The lowest BCUT2D eigenvalue weighted by atomic mass is 10.1. The van der Waals surface area contributed by atoms with Crippen molar-refractivity contribution in [1.82, 2.24) is 9.80 Å². The van der Waals surface area contributed by atoms with Crippen molar-refractivity contribution in [3.63, 3.8) is 0 Å². The molecule has 2 saturated heterocycles. The van der Waals surface area contributed by atoms with Crippen LogP contribution in [0.4, 0.5) is 0 Å². The van der Waals surface area contributed by atoms with Crippen molar-refractivity contribution < 1.29 is 4.79 Å². The molecule has 1 atom stereocenters. The van der Waals surface area contributed by atoms with Crippen molar-refractivity contribution in [3.8, 4) is 0 Å². The van der Waals surface area contributed by atoms with Crippen molar-refractivity contribution in [2.45, 2.75) is 25.3 Å². The third-order valence-electron chi connectivity index (χ3n) is 2.97. The standard InChI is InChI=1S/C9H16N2O/c1-10-5-2-4-8(10)9(12)11-6-3-7-11/h8H,2-7H2,1H3/t8-/m0/s1. The van der Waals surface area contributed by atoms with E-state index in [1.165, 1.54) is 12.8 Å². The minimum atomic E-state index is 0.199. The van der Waals surface area contributed by atoms with Crippen LogP contribution in [0.3, 0.4) is 0 Å². The molecule has 2 fully saturated rings. The molecule has 3 nitrogen and oxygen atoms in total. The Morgan fingerprint density at radius 3 is 2.42 bits per heavy atom. The quantitative estimate of drug-likeness (QED) is 0.562. The topological polar surface area (TPSA) is 23.6 Å². The molecular formula is C9H16N2O. The molecule has 68 valence electrons. The Labute approximate surface area is 73.3 Å². The second-order valence-electron chi connectivity index (χ2n) is 3.82. The van der Waals surface area contributed by atoms with E-state index < -0.39 is 0 Å². The van der Waals surface area contributed by atoms with E-state index in [2.05, 4.69) is 11.9 Å². The Morgan fingerprint density at radius 1 is 1.25 bits per heavy atom. The van der Waals surface area contributed by atoms with E-state index in [0.717, 1.165) is 26.1 Å². The van der Waals surface area contributed by atoms with Gasteiger partial charge in [0.05, 0.1) is 6.04 Å². The van der Waals surface area contributed by atoms with E-state index in [1.807, 2.05) is 4.90 Å². The van der Waals surface area contributed by atoms with Crippen molar-refractivity contribution in [2.75, 3.05) is 26.7 Å². The van der Waals surface area contributed by atoms with E-state index in [0.29, 0.717) is 5.91 Å². The predicted molar refractivity (Wildman–Crippen MR) is 46.8 cm³/mol. The van der Waals surface area contributed by atoms with Gasteiger partial charge in [-0.15, -0.1) is 0 Å². The highest BCUT2D eigenvalue weighted by molar-refractivity contribution is 5.82. The van der Waals surface area contributed by atoms with Gasteiger partial charge in [-0.05, 0) is 32.9 Å². The fraction of sp³-hybridized carbons (Fsp3) is 0.889. The van der Waals surface area contributed by atoms with Gasteiger partial charge in [-0.25, -0.2) is 0 Å². The largest absolute Gasteiger partial charge is 0.341 e. The molecule has 0 radical (unpaired) electrons. The Balaban J connectivity index is 1.93. The molecule has 0 aromatic heterocycles. The average Bonchev–Trinajstić information content (AvgIpc) is 2.31. The van der Waals surface area contributed by atoms with E-state index in [4.69, 9.17) is 0 Å². The second-order valence-corrected chi connectivity index (χ2v) is 3.82. The lowest BCUT2D eigenvalue weighted by Gasteiger charge is -2.34. The summed E-state index contributed by atoms with van der Waals surface area (Å²) in [7, 11) is 2.05. The van der Waals surface area contributed by atoms with Crippen LogP contribution < -0.4 is 0 Å². The van der Waals surface area contributed by atoms with Gasteiger partial charge < -0.3 is 4.90 Å². The number of hydrogen-bond donors (Lipinski definition) is 0. The van der Waals surface area contributed by atoms with Gasteiger partial charge >= 0.3 is 0 Å². The Kier molecular flexibility index (Phi) is 2.05. The summed E-state index contributed by atoms with van der Waals surface area (Å²) in [4.78, 5) is 15.9. The van der Waals surface area contributed by atoms with Crippen LogP contribution in [0.25, 0.3) is 0 Å². The molecule has 2 aliphatic heterocycles. The molecule has 2 aliphatic rings. The van der Waals surface area contributed by atoms with Gasteiger partial charge in [0.2, 0.25) is 5.91 Å². The van der Waals surface area contributed by atoms with Gasteiger partial charge in [0.15, 0.2) is 0 Å². The van der Waals surface area contributed by atoms with Gasteiger partial charge in [0.25, 0.3) is 0 Å². The molecule has 1 amide bonds. The molecule has 0 aromatic carbocycles. The first-order chi connectivity index (χ1) is 5.79. The minimum Gasteiger partial charge on any atom is -0.341 e. The zero-order valence-electron chi connectivity index (χ0n) is 7.62. The van der Waals surface area contributed by atoms with Crippen LogP contribution in [-0.4, -0.2) is 48.4 Å². The van der Waals surface area contributed by atoms with Gasteiger partial charge in [-0.1, -0.05) is 0 Å². The summed E-state index contributed by atoms with van der Waals surface area (Å²) in [6, 6.07) is 0.199. The van der Waals surface area contributed by atoms with E-state index in [1.54, 1.807) is 0 Å². The molecule has 0 bridgehead atoms. The molecule has 0 spiro atoms. The van der Waals surface area contributed by atoms with Gasteiger partial charge in [-0.3, -0.25) is 9.69 Å². The first kappa shape index (κ1) is 8.05. The number of likely N-dealkylation sites (tertiary alicyclic amines) is 2. The second kappa shape index (κ2) is 3.05.